The van der Waals surface area contributed by atoms with Gasteiger partial charge in [0, 0.05) is 25.4 Å². The van der Waals surface area contributed by atoms with Gasteiger partial charge in [-0.2, -0.15) is 0 Å². The summed E-state index contributed by atoms with van der Waals surface area (Å²) in [6.45, 7) is 1.01. The predicted molar refractivity (Wildman–Crippen MR) is 59.9 cm³/mol. The van der Waals surface area contributed by atoms with Crippen LogP contribution in [0.5, 0.6) is 0 Å². The van der Waals surface area contributed by atoms with E-state index in [1.54, 1.807) is 23.3 Å². The normalized spacial score (nSPS) is 22.1. The lowest BCUT2D eigenvalue weighted by Gasteiger charge is -2.23. The van der Waals surface area contributed by atoms with Gasteiger partial charge >= 0.3 is 5.97 Å². The van der Waals surface area contributed by atoms with Crippen molar-refractivity contribution in [3.05, 3.63) is 18.7 Å². The van der Waals surface area contributed by atoms with Crippen molar-refractivity contribution in [2.45, 2.75) is 38.1 Å². The SMILES string of the molecule is N[C@@H](Cn1ccnc1)C(=O)OC1CCCCO1. The summed E-state index contributed by atoms with van der Waals surface area (Å²) in [5, 5.41) is 0. The summed E-state index contributed by atoms with van der Waals surface area (Å²) in [5.41, 5.74) is 5.75. The van der Waals surface area contributed by atoms with Crippen LogP contribution >= 0.6 is 0 Å². The molecule has 2 rings (SSSR count). The molecule has 1 aromatic heterocycles. The van der Waals surface area contributed by atoms with Gasteiger partial charge in [0.25, 0.3) is 0 Å². The Balaban J connectivity index is 1.78. The Bertz CT molecular complexity index is 347. The van der Waals surface area contributed by atoms with Crippen LogP contribution in [0.3, 0.4) is 0 Å². The van der Waals surface area contributed by atoms with E-state index in [1.165, 1.54) is 0 Å². The van der Waals surface area contributed by atoms with Crippen molar-refractivity contribution in [1.82, 2.24) is 9.55 Å². The molecule has 1 aliphatic heterocycles. The van der Waals surface area contributed by atoms with Crippen molar-refractivity contribution in [2.24, 2.45) is 5.73 Å². The summed E-state index contributed by atoms with van der Waals surface area (Å²) in [4.78, 5) is 15.6. The first kappa shape index (κ1) is 12.1. The van der Waals surface area contributed by atoms with E-state index in [1.807, 2.05) is 0 Å². The average Bonchev–Trinajstić information content (AvgIpc) is 2.83. The Morgan fingerprint density at radius 1 is 1.65 bits per heavy atom. The number of rotatable bonds is 4. The minimum absolute atomic E-state index is 0.367. The van der Waals surface area contributed by atoms with Gasteiger partial charge < -0.3 is 19.8 Å². The summed E-state index contributed by atoms with van der Waals surface area (Å²) in [6.07, 6.45) is 7.38. The van der Waals surface area contributed by atoms with Crippen LogP contribution in [0.4, 0.5) is 0 Å². The van der Waals surface area contributed by atoms with Crippen LogP contribution in [-0.2, 0) is 20.8 Å². The molecule has 17 heavy (non-hydrogen) atoms. The van der Waals surface area contributed by atoms with Crippen LogP contribution in [-0.4, -0.2) is 34.5 Å². The van der Waals surface area contributed by atoms with Crippen LogP contribution in [0, 0.1) is 0 Å². The molecule has 2 atom stereocenters. The first-order valence-electron chi connectivity index (χ1n) is 5.79. The van der Waals surface area contributed by atoms with Gasteiger partial charge in [-0.3, -0.25) is 4.79 Å². The van der Waals surface area contributed by atoms with E-state index < -0.39 is 18.3 Å². The monoisotopic (exact) mass is 239 g/mol. The number of aromatic nitrogens is 2. The van der Waals surface area contributed by atoms with Crippen molar-refractivity contribution in [3.8, 4) is 0 Å². The van der Waals surface area contributed by atoms with Gasteiger partial charge in [-0.15, -0.1) is 0 Å². The zero-order chi connectivity index (χ0) is 12.1. The number of nitrogens with two attached hydrogens (primary N) is 1. The Hall–Kier alpha value is -1.40. The molecule has 1 saturated heterocycles. The number of imidazole rings is 1. The fraction of sp³-hybridized carbons (Fsp3) is 0.636. The van der Waals surface area contributed by atoms with Gasteiger partial charge in [0.15, 0.2) is 0 Å². The molecule has 0 radical (unpaired) electrons. The van der Waals surface area contributed by atoms with Gasteiger partial charge in [-0.05, 0) is 12.8 Å². The van der Waals surface area contributed by atoms with Crippen LogP contribution in [0.1, 0.15) is 19.3 Å². The molecule has 6 heteroatoms. The highest BCUT2D eigenvalue weighted by Gasteiger charge is 2.22. The minimum atomic E-state index is -0.685. The summed E-state index contributed by atoms with van der Waals surface area (Å²) in [6, 6.07) is -0.685. The molecule has 1 unspecified atom stereocenters. The molecule has 0 amide bonds. The molecule has 1 aliphatic rings. The smallest absolute Gasteiger partial charge is 0.327 e. The third-order valence-electron chi connectivity index (χ3n) is 2.65. The maximum Gasteiger partial charge on any atom is 0.327 e. The largest absolute Gasteiger partial charge is 0.435 e. The molecule has 2 heterocycles. The molecule has 0 spiro atoms. The molecule has 6 nitrogen and oxygen atoms in total. The van der Waals surface area contributed by atoms with Crippen LogP contribution < -0.4 is 5.73 Å². The van der Waals surface area contributed by atoms with E-state index in [2.05, 4.69) is 4.98 Å². The second-order valence-corrected chi connectivity index (χ2v) is 4.10. The lowest BCUT2D eigenvalue weighted by molar-refractivity contribution is -0.188. The quantitative estimate of drug-likeness (QED) is 0.763. The first-order chi connectivity index (χ1) is 8.25. The molecule has 2 N–H and O–H groups in total. The highest BCUT2D eigenvalue weighted by atomic mass is 16.7. The number of esters is 1. The van der Waals surface area contributed by atoms with Gasteiger partial charge in [0.2, 0.25) is 6.29 Å². The molecule has 1 fully saturated rings. The maximum atomic E-state index is 11.7. The summed E-state index contributed by atoms with van der Waals surface area (Å²) < 4.78 is 12.2. The van der Waals surface area contributed by atoms with E-state index >= 15 is 0 Å². The molecule has 0 bridgehead atoms. The number of nitrogens with zero attached hydrogens (tertiary/aromatic N) is 2. The van der Waals surface area contributed by atoms with Gasteiger partial charge in [-0.1, -0.05) is 0 Å². The minimum Gasteiger partial charge on any atom is -0.435 e. The average molecular weight is 239 g/mol. The number of ether oxygens (including phenoxy) is 2. The Labute approximate surface area is 99.7 Å². The predicted octanol–water partition coefficient (Wildman–Crippen LogP) is 0.280. The number of hydrogen-bond acceptors (Lipinski definition) is 5. The van der Waals surface area contributed by atoms with Crippen molar-refractivity contribution in [3.63, 3.8) is 0 Å². The van der Waals surface area contributed by atoms with E-state index in [-0.39, 0.29) is 0 Å². The third-order valence-corrected chi connectivity index (χ3v) is 2.65. The fourth-order valence-corrected chi connectivity index (χ4v) is 1.72. The van der Waals surface area contributed by atoms with Crippen molar-refractivity contribution in [1.29, 1.82) is 0 Å². The topological polar surface area (TPSA) is 79.4 Å². The van der Waals surface area contributed by atoms with Crippen LogP contribution in [0.2, 0.25) is 0 Å². The van der Waals surface area contributed by atoms with E-state index in [0.29, 0.717) is 13.2 Å². The summed E-state index contributed by atoms with van der Waals surface area (Å²) >= 11 is 0. The lowest BCUT2D eigenvalue weighted by atomic mass is 10.2. The van der Waals surface area contributed by atoms with Crippen LogP contribution in [0.25, 0.3) is 0 Å². The highest BCUT2D eigenvalue weighted by Crippen LogP contribution is 2.14. The molecule has 1 aromatic rings. The second kappa shape index (κ2) is 5.79. The molecule has 0 aromatic carbocycles. The molecular formula is C11H17N3O3. The van der Waals surface area contributed by atoms with Crippen molar-refractivity contribution >= 4 is 5.97 Å². The Kier molecular flexibility index (Phi) is 4.11. The highest BCUT2D eigenvalue weighted by molar-refractivity contribution is 5.75. The van der Waals surface area contributed by atoms with E-state index in [4.69, 9.17) is 15.2 Å². The first-order valence-corrected chi connectivity index (χ1v) is 5.79. The number of hydrogen-bond donors (Lipinski definition) is 1. The standard InChI is InChI=1S/C11H17N3O3/c12-9(7-14-5-4-13-8-14)11(15)17-10-3-1-2-6-16-10/h4-5,8-10H,1-3,6-7,12H2/t9-,10?/m0/s1. The Morgan fingerprint density at radius 3 is 3.18 bits per heavy atom. The van der Waals surface area contributed by atoms with Crippen LogP contribution in [0.15, 0.2) is 18.7 Å². The molecule has 0 aliphatic carbocycles. The molecule has 0 saturated carbocycles. The van der Waals surface area contributed by atoms with Gasteiger partial charge in [0.05, 0.1) is 12.9 Å². The lowest BCUT2D eigenvalue weighted by Crippen LogP contribution is -2.39. The maximum absolute atomic E-state index is 11.7. The van der Waals surface area contributed by atoms with Crippen molar-refractivity contribution < 1.29 is 14.3 Å². The summed E-state index contributed by atoms with van der Waals surface area (Å²) in [5.74, 6) is -0.425. The van der Waals surface area contributed by atoms with Gasteiger partial charge in [0.1, 0.15) is 6.04 Å². The van der Waals surface area contributed by atoms with Gasteiger partial charge in [-0.25, -0.2) is 4.98 Å². The van der Waals surface area contributed by atoms with E-state index in [0.717, 1.165) is 19.3 Å². The Morgan fingerprint density at radius 2 is 2.53 bits per heavy atom. The second-order valence-electron chi connectivity index (χ2n) is 4.10. The molecule has 94 valence electrons. The number of carbonyl (C=O) groups is 1. The zero-order valence-corrected chi connectivity index (χ0v) is 9.62. The number of carbonyl (C=O) groups excluding carboxylic acids is 1. The van der Waals surface area contributed by atoms with E-state index in [9.17, 15) is 4.79 Å². The summed E-state index contributed by atoms with van der Waals surface area (Å²) in [7, 11) is 0. The zero-order valence-electron chi connectivity index (χ0n) is 9.62. The third kappa shape index (κ3) is 3.54. The fourth-order valence-electron chi connectivity index (χ4n) is 1.72. The molecular weight excluding hydrogens is 222 g/mol. The van der Waals surface area contributed by atoms with Crippen molar-refractivity contribution in [2.75, 3.05) is 6.61 Å².